The molecule has 0 spiro atoms. The molecule has 5 rings (SSSR count). The number of nitrogens with zero attached hydrogens (tertiary/aromatic N) is 2. The lowest BCUT2D eigenvalue weighted by Crippen LogP contribution is -2.31. The molecular formula is C36H34F3N3O4. The number of esters is 1. The van der Waals surface area contributed by atoms with Gasteiger partial charge in [-0.2, -0.15) is 13.2 Å². The van der Waals surface area contributed by atoms with Gasteiger partial charge in [-0.05, 0) is 66.9 Å². The number of furan rings is 1. The van der Waals surface area contributed by atoms with Crippen molar-refractivity contribution in [3.63, 3.8) is 0 Å². The van der Waals surface area contributed by atoms with Crippen LogP contribution in [-0.4, -0.2) is 35.9 Å². The van der Waals surface area contributed by atoms with E-state index in [1.54, 1.807) is 27.0 Å². The number of alkyl halides is 3. The highest BCUT2D eigenvalue weighted by Crippen LogP contribution is 2.33. The van der Waals surface area contributed by atoms with Gasteiger partial charge in [0.15, 0.2) is 0 Å². The predicted octanol–water partition coefficient (Wildman–Crippen LogP) is 8.16. The molecular weight excluding hydrogens is 595 g/mol. The number of hydrogen-bond donors (Lipinski definition) is 1. The number of pyridine rings is 1. The zero-order chi connectivity index (χ0) is 33.2. The average molecular weight is 630 g/mol. The van der Waals surface area contributed by atoms with Crippen LogP contribution in [0.25, 0.3) is 22.0 Å². The van der Waals surface area contributed by atoms with E-state index in [1.165, 1.54) is 18.1 Å². The van der Waals surface area contributed by atoms with Crippen LogP contribution in [0.5, 0.6) is 0 Å². The number of rotatable bonds is 9. The zero-order valence-electron chi connectivity index (χ0n) is 26.2. The Morgan fingerprint density at radius 3 is 2.39 bits per heavy atom. The second-order valence-corrected chi connectivity index (χ2v) is 11.6. The number of hydrogen-bond acceptors (Lipinski definition) is 6. The number of methoxy groups -OCH3 is 1. The Kier molecular flexibility index (Phi) is 8.92. The molecule has 238 valence electrons. The van der Waals surface area contributed by atoms with Crippen molar-refractivity contribution >= 4 is 28.5 Å². The van der Waals surface area contributed by atoms with E-state index in [9.17, 15) is 22.8 Å². The summed E-state index contributed by atoms with van der Waals surface area (Å²) in [6.45, 7) is 5.23. The first-order valence-electron chi connectivity index (χ1n) is 14.6. The van der Waals surface area contributed by atoms with Crippen LogP contribution in [0.4, 0.5) is 19.0 Å². The van der Waals surface area contributed by atoms with Gasteiger partial charge in [0.2, 0.25) is 5.76 Å². The van der Waals surface area contributed by atoms with Crippen molar-refractivity contribution in [1.29, 1.82) is 0 Å². The first-order valence-corrected chi connectivity index (χ1v) is 14.6. The number of carbonyl (C=O) groups is 2. The van der Waals surface area contributed by atoms with Crippen LogP contribution in [0.3, 0.4) is 0 Å². The number of fused-ring (bicyclic) bond motifs is 1. The Labute approximate surface area is 265 Å². The molecule has 7 nitrogen and oxygen atoms in total. The van der Waals surface area contributed by atoms with Crippen LogP contribution in [0, 0.1) is 6.92 Å². The zero-order valence-corrected chi connectivity index (χ0v) is 26.2. The average Bonchev–Trinajstić information content (AvgIpc) is 3.53. The van der Waals surface area contributed by atoms with Crippen molar-refractivity contribution < 1.29 is 31.9 Å². The number of amides is 1. The molecule has 0 bridgehead atoms. The molecule has 46 heavy (non-hydrogen) atoms. The third-order valence-electron chi connectivity index (χ3n) is 8.08. The number of benzene rings is 3. The summed E-state index contributed by atoms with van der Waals surface area (Å²) in [7, 11) is 3.06. The summed E-state index contributed by atoms with van der Waals surface area (Å²) < 4.78 is 50.2. The summed E-state index contributed by atoms with van der Waals surface area (Å²) in [5, 5.41) is 4.71. The van der Waals surface area contributed by atoms with Gasteiger partial charge in [0.25, 0.3) is 5.91 Å². The summed E-state index contributed by atoms with van der Waals surface area (Å²) >= 11 is 0. The van der Waals surface area contributed by atoms with Gasteiger partial charge in [-0.15, -0.1) is 0 Å². The van der Waals surface area contributed by atoms with E-state index in [2.05, 4.69) is 5.32 Å². The van der Waals surface area contributed by atoms with Crippen LogP contribution >= 0.6 is 0 Å². The van der Waals surface area contributed by atoms with E-state index >= 15 is 0 Å². The van der Waals surface area contributed by atoms with E-state index in [0.717, 1.165) is 33.5 Å². The van der Waals surface area contributed by atoms with Gasteiger partial charge >= 0.3 is 12.1 Å². The Morgan fingerprint density at radius 1 is 0.935 bits per heavy atom. The minimum absolute atomic E-state index is 0.000752. The third kappa shape index (κ3) is 6.47. The van der Waals surface area contributed by atoms with E-state index in [-0.39, 0.29) is 30.7 Å². The Morgan fingerprint density at radius 2 is 1.70 bits per heavy atom. The lowest BCUT2D eigenvalue weighted by molar-refractivity contribution is -0.153. The van der Waals surface area contributed by atoms with Crippen LogP contribution in [-0.2, 0) is 34.2 Å². The van der Waals surface area contributed by atoms with Crippen molar-refractivity contribution in [2.45, 2.75) is 45.5 Å². The molecule has 10 heteroatoms. The van der Waals surface area contributed by atoms with E-state index in [4.69, 9.17) is 14.1 Å². The fraction of sp³-hybridized carbons (Fsp3) is 0.250. The lowest BCUT2D eigenvalue weighted by Gasteiger charge is -2.25. The largest absolute Gasteiger partial charge is 0.468 e. The summed E-state index contributed by atoms with van der Waals surface area (Å²) in [6, 6.07) is 24.5. The predicted molar refractivity (Wildman–Crippen MR) is 170 cm³/mol. The van der Waals surface area contributed by atoms with Crippen LogP contribution in [0.15, 0.2) is 89.3 Å². The summed E-state index contributed by atoms with van der Waals surface area (Å²) in [4.78, 5) is 33.0. The molecule has 0 aliphatic rings. The van der Waals surface area contributed by atoms with Gasteiger partial charge in [-0.25, -0.2) is 4.98 Å². The molecule has 5 aromatic rings. The number of ether oxygens (including phenoxy) is 1. The van der Waals surface area contributed by atoms with Crippen molar-refractivity contribution in [3.05, 3.63) is 119 Å². The third-order valence-corrected chi connectivity index (χ3v) is 8.08. The maximum Gasteiger partial charge on any atom is 0.449 e. The number of nitrogens with one attached hydrogen (secondary N) is 1. The summed E-state index contributed by atoms with van der Waals surface area (Å²) in [6.07, 6.45) is -4.65. The minimum atomic E-state index is -4.65. The van der Waals surface area contributed by atoms with Crippen molar-refractivity contribution in [3.8, 4) is 11.3 Å². The first kappa shape index (κ1) is 32.3. The molecule has 0 radical (unpaired) electrons. The molecule has 2 heterocycles. The second kappa shape index (κ2) is 12.7. The highest BCUT2D eigenvalue weighted by molar-refractivity contribution is 6.08. The van der Waals surface area contributed by atoms with Crippen molar-refractivity contribution in [2.24, 2.45) is 0 Å². The minimum Gasteiger partial charge on any atom is -0.468 e. The highest BCUT2D eigenvalue weighted by Gasteiger charge is 2.35. The first-order chi connectivity index (χ1) is 21.8. The standard InChI is InChI=1S/C36H34F3N3O4/c1-22-13-14-23-9-6-7-12-28(23)31(22)33(43)42(21-27-16-18-30(46-27)36(37,38)39)20-25-15-17-29(41-32(25)40-4)24-10-8-11-26(19-24)35(2,3)34(44)45-5/h6-19H,20-21H2,1-5H3,(H,40,41). The maximum atomic E-state index is 14.3. The second-order valence-electron chi connectivity index (χ2n) is 11.6. The number of aryl methyl sites for hydroxylation is 1. The molecule has 0 atom stereocenters. The van der Waals surface area contributed by atoms with Gasteiger partial charge in [0.1, 0.15) is 11.6 Å². The summed E-state index contributed by atoms with van der Waals surface area (Å²) in [5.41, 5.74) is 3.11. The smallest absolute Gasteiger partial charge is 0.449 e. The summed E-state index contributed by atoms with van der Waals surface area (Å²) in [5.74, 6) is -1.37. The fourth-order valence-electron chi connectivity index (χ4n) is 5.46. The Bertz CT molecular complexity index is 1910. The van der Waals surface area contributed by atoms with Crippen molar-refractivity contribution in [1.82, 2.24) is 9.88 Å². The van der Waals surface area contributed by atoms with Gasteiger partial charge in [-0.3, -0.25) is 9.59 Å². The number of carbonyl (C=O) groups excluding carboxylic acids is 2. The van der Waals surface area contributed by atoms with Gasteiger partial charge in [-0.1, -0.05) is 60.7 Å². The monoisotopic (exact) mass is 629 g/mol. The molecule has 0 aliphatic heterocycles. The van der Waals surface area contributed by atoms with E-state index < -0.39 is 17.4 Å². The molecule has 0 unspecified atom stereocenters. The molecule has 1 amide bonds. The fourth-order valence-corrected chi connectivity index (χ4v) is 5.46. The van der Waals surface area contributed by atoms with Gasteiger partial charge in [0.05, 0.1) is 36.9 Å². The normalized spacial score (nSPS) is 11.8. The van der Waals surface area contributed by atoms with Gasteiger partial charge in [0, 0.05) is 18.2 Å². The lowest BCUT2D eigenvalue weighted by atomic mass is 9.83. The molecule has 3 aromatic carbocycles. The number of anilines is 1. The van der Waals surface area contributed by atoms with Gasteiger partial charge < -0.3 is 19.4 Å². The molecule has 0 fully saturated rings. The topological polar surface area (TPSA) is 84.7 Å². The molecule has 1 N–H and O–H groups in total. The maximum absolute atomic E-state index is 14.3. The van der Waals surface area contributed by atoms with E-state index in [1.807, 2.05) is 73.7 Å². The quantitative estimate of drug-likeness (QED) is 0.166. The number of aromatic nitrogens is 1. The molecule has 0 saturated heterocycles. The number of halogens is 3. The Balaban J connectivity index is 1.53. The van der Waals surface area contributed by atoms with Crippen LogP contribution in [0.1, 0.15) is 52.4 Å². The highest BCUT2D eigenvalue weighted by atomic mass is 19.4. The van der Waals surface area contributed by atoms with Crippen molar-refractivity contribution in [2.75, 3.05) is 19.5 Å². The van der Waals surface area contributed by atoms with E-state index in [0.29, 0.717) is 22.6 Å². The SMILES string of the molecule is CNc1nc(-c2cccc(C(C)(C)C(=O)OC)c2)ccc1CN(Cc1ccc(C(F)(F)F)o1)C(=O)c1c(C)ccc2ccccc12. The van der Waals surface area contributed by atoms with Crippen LogP contribution < -0.4 is 5.32 Å². The molecule has 2 aromatic heterocycles. The molecule has 0 aliphatic carbocycles. The van der Waals surface area contributed by atoms with Crippen LogP contribution in [0.2, 0.25) is 0 Å². The molecule has 0 saturated carbocycles. The Hall–Kier alpha value is -5.12.